The van der Waals surface area contributed by atoms with Gasteiger partial charge >= 0.3 is 6.09 Å². The Labute approximate surface area is 180 Å². The number of H-pyrrole nitrogens is 1. The van der Waals surface area contributed by atoms with Gasteiger partial charge in [0.15, 0.2) is 5.82 Å². The van der Waals surface area contributed by atoms with Crippen LogP contribution in [0.15, 0.2) is 6.07 Å². The number of carbonyl (C=O) groups excluding carboxylic acids is 1. The fourth-order valence-corrected chi connectivity index (χ4v) is 5.21. The van der Waals surface area contributed by atoms with Crippen molar-refractivity contribution in [2.75, 3.05) is 46.4 Å². The highest BCUT2D eigenvalue weighted by atomic mass is 19.1. The maximum Gasteiger partial charge on any atom is 0.407 e. The first-order valence-electron chi connectivity index (χ1n) is 11.1. The average Bonchev–Trinajstić information content (AvgIpc) is 3.45. The predicted octanol–water partition coefficient (Wildman–Crippen LogP) is 1.73. The van der Waals surface area contributed by atoms with Gasteiger partial charge in [0.25, 0.3) is 0 Å². The fourth-order valence-electron chi connectivity index (χ4n) is 5.21. The van der Waals surface area contributed by atoms with E-state index in [1.54, 1.807) is 7.11 Å². The second-order valence-corrected chi connectivity index (χ2v) is 9.08. The minimum absolute atomic E-state index is 0.170. The van der Waals surface area contributed by atoms with Crippen LogP contribution in [0, 0.1) is 11.7 Å². The number of halogens is 1. The van der Waals surface area contributed by atoms with Crippen LogP contribution in [-0.4, -0.2) is 73.0 Å². The van der Waals surface area contributed by atoms with E-state index in [-0.39, 0.29) is 17.5 Å². The van der Waals surface area contributed by atoms with Gasteiger partial charge in [-0.05, 0) is 36.0 Å². The molecule has 1 spiro atoms. The summed E-state index contributed by atoms with van der Waals surface area (Å²) in [5.74, 6) is 0.981. The van der Waals surface area contributed by atoms with Crippen molar-refractivity contribution in [1.82, 2.24) is 25.5 Å². The van der Waals surface area contributed by atoms with Gasteiger partial charge in [-0.15, -0.1) is 0 Å². The third kappa shape index (κ3) is 4.14. The van der Waals surface area contributed by atoms with Crippen LogP contribution >= 0.6 is 0 Å². The standard InChI is InChI=1S/C22H30FN5O3/c1-30-7-4-24-11-18-26-17-10-15-8-14(9-16(15)19(23)20(17)27-18)12-28-5-2-22(3-6-28)13-25-21(29)31-22/h10,14,24H,2-9,11-13H2,1H3,(H,25,29)(H,26,27). The first-order chi connectivity index (χ1) is 15.0. The van der Waals surface area contributed by atoms with E-state index in [1.165, 1.54) is 0 Å². The smallest absolute Gasteiger partial charge is 0.407 e. The van der Waals surface area contributed by atoms with Crippen molar-refractivity contribution in [2.45, 2.75) is 37.8 Å². The zero-order valence-corrected chi connectivity index (χ0v) is 17.9. The number of methoxy groups -OCH3 is 1. The number of alkyl carbamates (subject to hydrolysis) is 1. The molecule has 0 saturated carbocycles. The summed E-state index contributed by atoms with van der Waals surface area (Å²) in [5, 5.41) is 6.02. The van der Waals surface area contributed by atoms with Gasteiger partial charge in [-0.3, -0.25) is 0 Å². The minimum Gasteiger partial charge on any atom is -0.441 e. The molecule has 0 bridgehead atoms. The molecule has 1 aromatic carbocycles. The Balaban J connectivity index is 1.20. The molecule has 0 radical (unpaired) electrons. The van der Waals surface area contributed by atoms with Crippen molar-refractivity contribution < 1.29 is 18.7 Å². The summed E-state index contributed by atoms with van der Waals surface area (Å²) >= 11 is 0. The summed E-state index contributed by atoms with van der Waals surface area (Å²) in [6.45, 7) is 5.30. The number of amides is 1. The Morgan fingerprint density at radius 2 is 2.23 bits per heavy atom. The van der Waals surface area contributed by atoms with Gasteiger partial charge in [0, 0.05) is 46.1 Å². The number of nitrogens with one attached hydrogen (secondary N) is 3. The molecule has 31 heavy (non-hydrogen) atoms. The van der Waals surface area contributed by atoms with Crippen LogP contribution in [-0.2, 0) is 28.9 Å². The number of rotatable bonds is 7. The molecule has 3 heterocycles. The largest absolute Gasteiger partial charge is 0.441 e. The van der Waals surface area contributed by atoms with Gasteiger partial charge in [-0.1, -0.05) is 0 Å². The van der Waals surface area contributed by atoms with E-state index in [0.717, 1.165) is 74.3 Å². The van der Waals surface area contributed by atoms with E-state index in [9.17, 15) is 4.79 Å². The molecule has 2 saturated heterocycles. The van der Waals surface area contributed by atoms with Gasteiger partial charge < -0.3 is 30.0 Å². The van der Waals surface area contributed by atoms with Crippen LogP contribution in [0.4, 0.5) is 9.18 Å². The predicted molar refractivity (Wildman–Crippen MR) is 113 cm³/mol. The topological polar surface area (TPSA) is 91.5 Å². The van der Waals surface area contributed by atoms with E-state index in [1.807, 2.05) is 0 Å². The van der Waals surface area contributed by atoms with Crippen molar-refractivity contribution in [3.8, 4) is 0 Å². The van der Waals surface area contributed by atoms with Gasteiger partial charge in [-0.2, -0.15) is 0 Å². The number of carbonyl (C=O) groups is 1. The molecule has 2 aliphatic heterocycles. The number of piperidine rings is 1. The first kappa shape index (κ1) is 20.7. The molecule has 1 amide bonds. The van der Waals surface area contributed by atoms with Crippen LogP contribution in [0.1, 0.15) is 29.8 Å². The Bertz CT molecular complexity index is 970. The summed E-state index contributed by atoms with van der Waals surface area (Å²) in [6.07, 6.45) is 3.06. The maximum atomic E-state index is 15.2. The second kappa shape index (κ2) is 8.37. The zero-order chi connectivity index (χ0) is 21.4. The van der Waals surface area contributed by atoms with E-state index < -0.39 is 0 Å². The molecule has 2 fully saturated rings. The third-order valence-electron chi connectivity index (χ3n) is 6.88. The zero-order valence-electron chi connectivity index (χ0n) is 17.9. The number of likely N-dealkylation sites (tertiary alicyclic amines) is 1. The molecule has 5 rings (SSSR count). The Hall–Kier alpha value is -2.23. The van der Waals surface area contributed by atoms with Gasteiger partial charge in [0.1, 0.15) is 16.9 Å². The third-order valence-corrected chi connectivity index (χ3v) is 6.88. The minimum atomic E-state index is -0.320. The molecule has 3 aliphatic rings. The molecule has 1 unspecified atom stereocenters. The number of imidazole rings is 1. The van der Waals surface area contributed by atoms with Crippen molar-refractivity contribution in [1.29, 1.82) is 0 Å². The van der Waals surface area contributed by atoms with Crippen molar-refractivity contribution in [3.63, 3.8) is 0 Å². The van der Waals surface area contributed by atoms with Crippen LogP contribution in [0.2, 0.25) is 0 Å². The number of ether oxygens (including phenoxy) is 2. The molecule has 1 aromatic heterocycles. The Morgan fingerprint density at radius 1 is 1.39 bits per heavy atom. The first-order valence-corrected chi connectivity index (χ1v) is 11.1. The lowest BCUT2D eigenvalue weighted by Gasteiger charge is -2.38. The Kier molecular flexibility index (Phi) is 5.58. The summed E-state index contributed by atoms with van der Waals surface area (Å²) in [7, 11) is 1.67. The fraction of sp³-hybridized carbons (Fsp3) is 0.636. The normalized spacial score (nSPS) is 22.8. The SMILES string of the molecule is COCCNCc1nc2c(F)c3c(cc2[nH]1)CC(CN1CCC2(CC1)CNC(=O)O2)C3. The molecular formula is C22H30FN5O3. The summed E-state index contributed by atoms with van der Waals surface area (Å²) < 4.78 is 25.8. The molecular weight excluding hydrogens is 401 g/mol. The Morgan fingerprint density at radius 3 is 2.97 bits per heavy atom. The van der Waals surface area contributed by atoms with Crippen LogP contribution in [0.5, 0.6) is 0 Å². The molecule has 1 aliphatic carbocycles. The van der Waals surface area contributed by atoms with Crippen molar-refractivity contribution >= 4 is 17.1 Å². The van der Waals surface area contributed by atoms with E-state index >= 15 is 4.39 Å². The summed E-state index contributed by atoms with van der Waals surface area (Å²) in [5.41, 5.74) is 2.82. The lowest BCUT2D eigenvalue weighted by molar-refractivity contribution is -0.00215. The monoisotopic (exact) mass is 431 g/mol. The second-order valence-electron chi connectivity index (χ2n) is 9.08. The van der Waals surface area contributed by atoms with Crippen LogP contribution in [0.25, 0.3) is 11.0 Å². The van der Waals surface area contributed by atoms with Crippen molar-refractivity contribution in [2.24, 2.45) is 5.92 Å². The van der Waals surface area contributed by atoms with Gasteiger partial charge in [0.2, 0.25) is 0 Å². The summed E-state index contributed by atoms with van der Waals surface area (Å²) in [4.78, 5) is 21.6. The molecule has 1 atom stereocenters. The average molecular weight is 432 g/mol. The highest BCUT2D eigenvalue weighted by molar-refractivity contribution is 5.78. The summed E-state index contributed by atoms with van der Waals surface area (Å²) in [6, 6.07) is 2.08. The van der Waals surface area contributed by atoms with Gasteiger partial charge in [0.05, 0.1) is 25.2 Å². The number of benzene rings is 1. The lowest BCUT2D eigenvalue weighted by atomic mass is 9.91. The number of hydrogen-bond donors (Lipinski definition) is 3. The molecule has 2 aromatic rings. The number of hydrogen-bond acceptors (Lipinski definition) is 6. The van der Waals surface area contributed by atoms with E-state index in [4.69, 9.17) is 9.47 Å². The highest BCUT2D eigenvalue weighted by Gasteiger charge is 2.43. The quantitative estimate of drug-likeness (QED) is 0.579. The lowest BCUT2D eigenvalue weighted by Crippen LogP contribution is -2.47. The number of fused-ring (bicyclic) bond motifs is 2. The molecule has 168 valence electrons. The highest BCUT2D eigenvalue weighted by Crippen LogP contribution is 2.35. The van der Waals surface area contributed by atoms with Crippen LogP contribution in [0.3, 0.4) is 0 Å². The molecule has 9 heteroatoms. The maximum absolute atomic E-state index is 15.2. The number of nitrogens with zero attached hydrogens (tertiary/aromatic N) is 2. The van der Waals surface area contributed by atoms with E-state index in [2.05, 4.69) is 31.6 Å². The molecule has 3 N–H and O–H groups in total. The number of aromatic nitrogens is 2. The number of aromatic amines is 1. The van der Waals surface area contributed by atoms with Crippen LogP contribution < -0.4 is 10.6 Å². The molecule has 8 nitrogen and oxygen atoms in total. The van der Waals surface area contributed by atoms with E-state index in [0.29, 0.717) is 31.1 Å². The van der Waals surface area contributed by atoms with Gasteiger partial charge in [-0.25, -0.2) is 14.2 Å². The van der Waals surface area contributed by atoms with Crippen molar-refractivity contribution in [3.05, 3.63) is 28.8 Å².